The summed E-state index contributed by atoms with van der Waals surface area (Å²) in [4.78, 5) is 11.6. The summed E-state index contributed by atoms with van der Waals surface area (Å²) in [7, 11) is -3.43. The molecule has 0 aromatic rings. The Bertz CT molecular complexity index is 321. The van der Waals surface area contributed by atoms with Gasteiger partial charge >= 0.3 is 0 Å². The van der Waals surface area contributed by atoms with Gasteiger partial charge in [0.1, 0.15) is 4.75 Å². The normalized spacial score (nSPS) is 14.7. The van der Waals surface area contributed by atoms with Gasteiger partial charge in [-0.2, -0.15) is 0 Å². The summed E-state index contributed by atoms with van der Waals surface area (Å²) in [6.07, 6.45) is 1.03. The van der Waals surface area contributed by atoms with Crippen LogP contribution in [0.5, 0.6) is 0 Å². The van der Waals surface area contributed by atoms with Crippen molar-refractivity contribution in [2.45, 2.75) is 25.5 Å². The quantitative estimate of drug-likeness (QED) is 0.678. The summed E-state index contributed by atoms with van der Waals surface area (Å²) < 4.78 is 21.2. The third-order valence-electron chi connectivity index (χ3n) is 2.40. The van der Waals surface area contributed by atoms with E-state index < -0.39 is 20.5 Å². The molecular weight excluding hydrogens is 218 g/mol. The first kappa shape index (κ1) is 14.4. The molecule has 0 aliphatic heterocycles. The van der Waals surface area contributed by atoms with Gasteiger partial charge in [-0.1, -0.05) is 6.92 Å². The summed E-state index contributed by atoms with van der Waals surface area (Å²) in [6, 6.07) is 0. The van der Waals surface area contributed by atoms with Crippen molar-refractivity contribution in [3.8, 4) is 0 Å². The minimum Gasteiger partial charge on any atom is -0.396 e. The molecule has 2 N–H and O–H groups in total. The molecule has 0 heterocycles. The summed E-state index contributed by atoms with van der Waals surface area (Å²) >= 11 is 0. The van der Waals surface area contributed by atoms with Crippen molar-refractivity contribution < 1.29 is 18.3 Å². The predicted molar refractivity (Wildman–Crippen MR) is 58.2 cm³/mol. The molecule has 1 amide bonds. The van der Waals surface area contributed by atoms with Gasteiger partial charge < -0.3 is 10.4 Å². The van der Waals surface area contributed by atoms with E-state index >= 15 is 0 Å². The molecule has 1 atom stereocenters. The first-order valence-electron chi connectivity index (χ1n) is 4.71. The van der Waals surface area contributed by atoms with Crippen LogP contribution in [-0.2, 0) is 14.6 Å². The van der Waals surface area contributed by atoms with Crippen LogP contribution in [0.2, 0.25) is 0 Å². The summed E-state index contributed by atoms with van der Waals surface area (Å²) in [5.74, 6) is -0.616. The zero-order valence-electron chi connectivity index (χ0n) is 9.57. The molecule has 0 saturated heterocycles. The third kappa shape index (κ3) is 3.79. The molecule has 90 valence electrons. The van der Waals surface area contributed by atoms with E-state index in [1.807, 2.05) is 0 Å². The van der Waals surface area contributed by atoms with Crippen LogP contribution in [-0.4, -0.2) is 43.6 Å². The number of nitrogens with one attached hydrogen (secondary N) is 1. The zero-order chi connectivity index (χ0) is 12.3. The molecule has 5 nitrogen and oxygen atoms in total. The Morgan fingerprint density at radius 3 is 2.27 bits per heavy atom. The van der Waals surface area contributed by atoms with Gasteiger partial charge in [0.2, 0.25) is 5.91 Å². The monoisotopic (exact) mass is 237 g/mol. The second kappa shape index (κ2) is 4.94. The highest BCUT2D eigenvalue weighted by Crippen LogP contribution is 2.14. The van der Waals surface area contributed by atoms with Crippen molar-refractivity contribution in [2.75, 3.05) is 19.4 Å². The second-order valence-electron chi connectivity index (χ2n) is 4.28. The number of sulfone groups is 1. The number of rotatable bonds is 5. The highest BCUT2D eigenvalue weighted by Gasteiger charge is 2.38. The predicted octanol–water partition coefficient (Wildman–Crippen LogP) is -0.446. The lowest BCUT2D eigenvalue weighted by Crippen LogP contribution is -2.48. The van der Waals surface area contributed by atoms with E-state index in [4.69, 9.17) is 5.11 Å². The van der Waals surface area contributed by atoms with E-state index in [2.05, 4.69) is 5.32 Å². The van der Waals surface area contributed by atoms with Gasteiger partial charge in [-0.15, -0.1) is 0 Å². The highest BCUT2D eigenvalue weighted by atomic mass is 32.2. The molecule has 0 spiro atoms. The van der Waals surface area contributed by atoms with Crippen LogP contribution in [0, 0.1) is 5.92 Å². The molecule has 0 fully saturated rings. The maximum Gasteiger partial charge on any atom is 0.240 e. The average molecular weight is 237 g/mol. The number of aliphatic hydroxyl groups excluding tert-OH is 1. The van der Waals surface area contributed by atoms with E-state index in [0.717, 1.165) is 6.26 Å². The van der Waals surface area contributed by atoms with Gasteiger partial charge in [0.25, 0.3) is 0 Å². The molecule has 0 bridgehead atoms. The van der Waals surface area contributed by atoms with Gasteiger partial charge in [0, 0.05) is 19.4 Å². The zero-order valence-corrected chi connectivity index (χ0v) is 10.4. The molecular formula is C9H19NO4S. The summed E-state index contributed by atoms with van der Waals surface area (Å²) in [5.41, 5.74) is 0. The molecule has 0 aliphatic carbocycles. The second-order valence-corrected chi connectivity index (χ2v) is 6.85. The van der Waals surface area contributed by atoms with Gasteiger partial charge in [-0.25, -0.2) is 8.42 Å². The lowest BCUT2D eigenvalue weighted by Gasteiger charge is -2.22. The van der Waals surface area contributed by atoms with Crippen LogP contribution in [0.1, 0.15) is 20.8 Å². The van der Waals surface area contributed by atoms with Crippen molar-refractivity contribution in [3.05, 3.63) is 0 Å². The molecule has 15 heavy (non-hydrogen) atoms. The molecule has 0 radical (unpaired) electrons. The largest absolute Gasteiger partial charge is 0.396 e. The van der Waals surface area contributed by atoms with Crippen LogP contribution < -0.4 is 5.32 Å². The van der Waals surface area contributed by atoms with E-state index in [9.17, 15) is 13.2 Å². The van der Waals surface area contributed by atoms with Crippen molar-refractivity contribution in [1.29, 1.82) is 0 Å². The van der Waals surface area contributed by atoms with Crippen molar-refractivity contribution in [3.63, 3.8) is 0 Å². The fraction of sp³-hybridized carbons (Fsp3) is 0.889. The maximum atomic E-state index is 11.6. The van der Waals surface area contributed by atoms with Crippen LogP contribution in [0.15, 0.2) is 0 Å². The Morgan fingerprint density at radius 1 is 1.47 bits per heavy atom. The molecule has 0 rings (SSSR count). The highest BCUT2D eigenvalue weighted by molar-refractivity contribution is 7.92. The SMILES string of the molecule is CC(CO)CNC(=O)C(C)(C)S(C)(=O)=O. The smallest absolute Gasteiger partial charge is 0.240 e. The molecule has 6 heteroatoms. The Morgan fingerprint density at radius 2 is 1.93 bits per heavy atom. The van der Waals surface area contributed by atoms with Crippen LogP contribution >= 0.6 is 0 Å². The number of carbonyl (C=O) groups excluding carboxylic acids is 1. The first-order valence-corrected chi connectivity index (χ1v) is 6.60. The number of amides is 1. The Hall–Kier alpha value is -0.620. The molecule has 0 aliphatic rings. The molecule has 0 saturated carbocycles. The topological polar surface area (TPSA) is 83.5 Å². The number of aliphatic hydroxyl groups is 1. The number of carbonyl (C=O) groups is 1. The van der Waals surface area contributed by atoms with Gasteiger partial charge in [-0.3, -0.25) is 4.79 Å². The number of hydrogen-bond acceptors (Lipinski definition) is 4. The molecule has 1 unspecified atom stereocenters. The summed E-state index contributed by atoms with van der Waals surface area (Å²) in [6.45, 7) is 4.71. The molecule has 0 aromatic heterocycles. The van der Waals surface area contributed by atoms with Crippen molar-refractivity contribution in [2.24, 2.45) is 5.92 Å². The van der Waals surface area contributed by atoms with Crippen LogP contribution in [0.4, 0.5) is 0 Å². The lowest BCUT2D eigenvalue weighted by molar-refractivity contribution is -0.123. The number of hydrogen-bond donors (Lipinski definition) is 2. The standard InChI is InChI=1S/C9H19NO4S/c1-7(6-11)5-10-8(12)9(2,3)15(4,13)14/h7,11H,5-6H2,1-4H3,(H,10,12). The lowest BCUT2D eigenvalue weighted by atomic mass is 10.1. The van der Waals surface area contributed by atoms with Crippen molar-refractivity contribution >= 4 is 15.7 Å². The van der Waals surface area contributed by atoms with Gasteiger partial charge in [0.05, 0.1) is 0 Å². The maximum absolute atomic E-state index is 11.6. The fourth-order valence-corrected chi connectivity index (χ4v) is 1.12. The third-order valence-corrected chi connectivity index (χ3v) is 4.44. The van der Waals surface area contributed by atoms with E-state index in [1.54, 1.807) is 6.92 Å². The van der Waals surface area contributed by atoms with Crippen LogP contribution in [0.3, 0.4) is 0 Å². The minimum atomic E-state index is -3.43. The molecule has 0 aromatic carbocycles. The fourth-order valence-electron chi connectivity index (χ4n) is 0.713. The average Bonchev–Trinajstić information content (AvgIpc) is 2.11. The Balaban J connectivity index is 4.47. The summed E-state index contributed by atoms with van der Waals surface area (Å²) in [5, 5.41) is 11.2. The van der Waals surface area contributed by atoms with E-state index in [-0.39, 0.29) is 19.1 Å². The first-order chi connectivity index (χ1) is 6.63. The van der Waals surface area contributed by atoms with Gasteiger partial charge in [0.15, 0.2) is 9.84 Å². The van der Waals surface area contributed by atoms with Crippen LogP contribution in [0.25, 0.3) is 0 Å². The Kier molecular flexibility index (Phi) is 4.73. The Labute approximate surface area is 90.8 Å². The minimum absolute atomic E-state index is 0.0421. The van der Waals surface area contributed by atoms with Gasteiger partial charge in [-0.05, 0) is 19.8 Å². The van der Waals surface area contributed by atoms with E-state index in [0.29, 0.717) is 0 Å². The van der Waals surface area contributed by atoms with E-state index in [1.165, 1.54) is 13.8 Å². The van der Waals surface area contributed by atoms with Crippen molar-refractivity contribution in [1.82, 2.24) is 5.32 Å².